The van der Waals surface area contributed by atoms with Crippen molar-refractivity contribution in [3.8, 4) is 0 Å². The van der Waals surface area contributed by atoms with Gasteiger partial charge in [0, 0.05) is 23.7 Å². The van der Waals surface area contributed by atoms with Crippen LogP contribution in [-0.2, 0) is 9.31 Å². The predicted octanol–water partition coefficient (Wildman–Crippen LogP) is 1.87. The third-order valence-corrected chi connectivity index (χ3v) is 6.27. The van der Waals surface area contributed by atoms with Crippen molar-refractivity contribution in [3.63, 3.8) is 0 Å². The number of pyridine rings is 1. The molecule has 3 aliphatic heterocycles. The second-order valence-electron chi connectivity index (χ2n) is 8.46. The predicted molar refractivity (Wildman–Crippen MR) is 94.5 cm³/mol. The number of nitrogens with zero attached hydrogens (tertiary/aromatic N) is 2. The van der Waals surface area contributed by atoms with Crippen molar-refractivity contribution in [3.05, 3.63) is 18.3 Å². The van der Waals surface area contributed by atoms with Gasteiger partial charge in [-0.2, -0.15) is 0 Å². The summed E-state index contributed by atoms with van der Waals surface area (Å²) in [5.41, 5.74) is 0.290. The van der Waals surface area contributed by atoms with Crippen LogP contribution in [0.3, 0.4) is 0 Å². The van der Waals surface area contributed by atoms with E-state index in [1.807, 2.05) is 6.20 Å². The van der Waals surface area contributed by atoms with Crippen molar-refractivity contribution < 1.29 is 14.4 Å². The summed E-state index contributed by atoms with van der Waals surface area (Å²) in [5.74, 6) is 1.01. The minimum absolute atomic E-state index is 0.150. The SMILES string of the molecule is CC1(C)OB(c2ccc(N3C4CCC3CC(O)C4)nc2)OC1(C)C. The highest BCUT2D eigenvalue weighted by Gasteiger charge is 2.52. The Morgan fingerprint density at radius 2 is 1.67 bits per heavy atom. The van der Waals surface area contributed by atoms with Crippen LogP contribution in [0.15, 0.2) is 18.3 Å². The molecule has 0 aromatic carbocycles. The molecule has 0 radical (unpaired) electrons. The quantitative estimate of drug-likeness (QED) is 0.839. The Hall–Kier alpha value is -1.11. The number of aliphatic hydroxyl groups is 1. The molecule has 1 aromatic rings. The molecule has 0 saturated carbocycles. The summed E-state index contributed by atoms with van der Waals surface area (Å²) < 4.78 is 12.2. The molecule has 2 atom stereocenters. The van der Waals surface area contributed by atoms with E-state index in [1.54, 1.807) is 0 Å². The Morgan fingerprint density at radius 3 is 2.17 bits per heavy atom. The Morgan fingerprint density at radius 1 is 1.08 bits per heavy atom. The Balaban J connectivity index is 1.52. The van der Waals surface area contributed by atoms with Crippen LogP contribution in [0, 0.1) is 0 Å². The molecule has 4 heterocycles. The van der Waals surface area contributed by atoms with E-state index in [2.05, 4.69) is 44.7 Å². The largest absolute Gasteiger partial charge is 0.496 e. The number of aliphatic hydroxyl groups excluding tert-OH is 1. The zero-order valence-electron chi connectivity index (χ0n) is 15.0. The first-order valence-corrected chi connectivity index (χ1v) is 9.05. The van der Waals surface area contributed by atoms with Crippen molar-refractivity contribution in [2.24, 2.45) is 0 Å². The molecule has 3 aliphatic rings. The lowest BCUT2D eigenvalue weighted by atomic mass is 9.80. The normalized spacial score (nSPS) is 34.0. The van der Waals surface area contributed by atoms with Crippen molar-refractivity contribution in [2.45, 2.75) is 82.8 Å². The molecule has 6 heteroatoms. The van der Waals surface area contributed by atoms with Gasteiger partial charge in [0.1, 0.15) is 5.82 Å². The average molecular weight is 330 g/mol. The standard InChI is InChI=1S/C18H27BN2O3/c1-17(2)18(3,4)24-19(23-17)12-5-8-16(20-11-12)21-13-6-7-14(21)10-15(22)9-13/h5,8,11,13-15,22H,6-7,9-10H2,1-4H3. The van der Waals surface area contributed by atoms with E-state index in [9.17, 15) is 5.11 Å². The summed E-state index contributed by atoms with van der Waals surface area (Å²) in [6.45, 7) is 8.24. The van der Waals surface area contributed by atoms with Crippen molar-refractivity contribution in [1.82, 2.24) is 4.98 Å². The summed E-state index contributed by atoms with van der Waals surface area (Å²) in [6.07, 6.45) is 5.75. The van der Waals surface area contributed by atoms with Crippen molar-refractivity contribution in [2.75, 3.05) is 4.90 Å². The zero-order chi connectivity index (χ0) is 17.1. The lowest BCUT2D eigenvalue weighted by molar-refractivity contribution is 0.00578. The van der Waals surface area contributed by atoms with Gasteiger partial charge in [-0.3, -0.25) is 0 Å². The van der Waals surface area contributed by atoms with Gasteiger partial charge in [0.15, 0.2) is 0 Å². The summed E-state index contributed by atoms with van der Waals surface area (Å²) >= 11 is 0. The van der Waals surface area contributed by atoms with Gasteiger partial charge in [0.25, 0.3) is 0 Å². The molecule has 4 rings (SSSR count). The smallest absolute Gasteiger partial charge is 0.399 e. The molecule has 3 saturated heterocycles. The third kappa shape index (κ3) is 2.55. The first-order chi connectivity index (χ1) is 11.3. The summed E-state index contributed by atoms with van der Waals surface area (Å²) in [4.78, 5) is 7.10. The van der Waals surface area contributed by atoms with Crippen LogP contribution in [0.1, 0.15) is 53.4 Å². The van der Waals surface area contributed by atoms with Crippen molar-refractivity contribution >= 4 is 18.4 Å². The number of rotatable bonds is 2. The number of hydrogen-bond acceptors (Lipinski definition) is 5. The fourth-order valence-electron chi connectivity index (χ4n) is 4.19. The number of piperidine rings is 1. The maximum atomic E-state index is 9.96. The minimum Gasteiger partial charge on any atom is -0.399 e. The van der Waals surface area contributed by atoms with Crippen LogP contribution in [-0.4, -0.2) is 46.6 Å². The van der Waals surface area contributed by atoms with Crippen LogP contribution in [0.2, 0.25) is 0 Å². The van der Waals surface area contributed by atoms with E-state index < -0.39 is 0 Å². The maximum Gasteiger partial charge on any atom is 0.496 e. The molecule has 0 aliphatic carbocycles. The molecule has 2 unspecified atom stereocenters. The minimum atomic E-state index is -0.364. The molecule has 5 nitrogen and oxygen atoms in total. The molecule has 0 amide bonds. The number of hydrogen-bond donors (Lipinski definition) is 1. The van der Waals surface area contributed by atoms with Gasteiger partial charge in [-0.15, -0.1) is 0 Å². The van der Waals surface area contributed by atoms with Crippen LogP contribution >= 0.6 is 0 Å². The number of aromatic nitrogens is 1. The topological polar surface area (TPSA) is 54.8 Å². The molecular formula is C18H27BN2O3. The molecule has 24 heavy (non-hydrogen) atoms. The lowest BCUT2D eigenvalue weighted by Gasteiger charge is -2.38. The van der Waals surface area contributed by atoms with Crippen LogP contribution in [0.4, 0.5) is 5.82 Å². The highest BCUT2D eigenvalue weighted by Crippen LogP contribution is 2.39. The lowest BCUT2D eigenvalue weighted by Crippen LogP contribution is -2.45. The fraction of sp³-hybridized carbons (Fsp3) is 0.722. The Labute approximate surface area is 144 Å². The first-order valence-electron chi connectivity index (χ1n) is 9.05. The van der Waals surface area contributed by atoms with Gasteiger partial charge < -0.3 is 19.3 Å². The van der Waals surface area contributed by atoms with Gasteiger partial charge in [-0.1, -0.05) is 6.07 Å². The molecule has 2 bridgehead atoms. The summed E-state index contributed by atoms with van der Waals surface area (Å²) in [6, 6.07) is 4.99. The van der Waals surface area contributed by atoms with E-state index in [4.69, 9.17) is 14.3 Å². The van der Waals surface area contributed by atoms with Crippen LogP contribution in [0.5, 0.6) is 0 Å². The second-order valence-corrected chi connectivity index (χ2v) is 8.46. The van der Waals surface area contributed by atoms with Crippen molar-refractivity contribution in [1.29, 1.82) is 0 Å². The second kappa shape index (κ2) is 5.45. The molecular weight excluding hydrogens is 303 g/mol. The Bertz CT molecular complexity index is 589. The van der Waals surface area contributed by atoms with Crippen LogP contribution < -0.4 is 10.4 Å². The highest BCUT2D eigenvalue weighted by atomic mass is 16.7. The fourth-order valence-corrected chi connectivity index (χ4v) is 4.19. The third-order valence-electron chi connectivity index (χ3n) is 6.27. The molecule has 130 valence electrons. The highest BCUT2D eigenvalue weighted by molar-refractivity contribution is 6.62. The van der Waals surface area contributed by atoms with Gasteiger partial charge in [-0.25, -0.2) is 4.98 Å². The average Bonchev–Trinajstić information content (AvgIpc) is 2.89. The van der Waals surface area contributed by atoms with Crippen LogP contribution in [0.25, 0.3) is 0 Å². The van der Waals surface area contributed by atoms with E-state index in [0.717, 1.165) is 37.0 Å². The van der Waals surface area contributed by atoms with E-state index in [-0.39, 0.29) is 24.4 Å². The van der Waals surface area contributed by atoms with E-state index in [0.29, 0.717) is 12.1 Å². The van der Waals surface area contributed by atoms with E-state index in [1.165, 1.54) is 0 Å². The zero-order valence-corrected chi connectivity index (χ0v) is 15.0. The summed E-state index contributed by atoms with van der Waals surface area (Å²) in [7, 11) is -0.364. The number of fused-ring (bicyclic) bond motifs is 2. The Kier molecular flexibility index (Phi) is 3.71. The maximum absolute atomic E-state index is 9.96. The van der Waals surface area contributed by atoms with Gasteiger partial charge >= 0.3 is 7.12 Å². The molecule has 3 fully saturated rings. The molecule has 1 N–H and O–H groups in total. The first kappa shape index (κ1) is 16.4. The van der Waals surface area contributed by atoms with Gasteiger partial charge in [0.05, 0.1) is 17.3 Å². The van der Waals surface area contributed by atoms with Gasteiger partial charge in [0.2, 0.25) is 0 Å². The molecule has 1 aromatic heterocycles. The monoisotopic (exact) mass is 330 g/mol. The van der Waals surface area contributed by atoms with Gasteiger partial charge in [-0.05, 0) is 59.4 Å². The summed E-state index contributed by atoms with van der Waals surface area (Å²) in [5, 5.41) is 9.96. The molecule has 0 spiro atoms. The number of anilines is 1. The van der Waals surface area contributed by atoms with E-state index >= 15 is 0 Å².